The number of benzene rings is 2. The second-order valence-corrected chi connectivity index (χ2v) is 7.85. The summed E-state index contributed by atoms with van der Waals surface area (Å²) in [6, 6.07) is 15.8. The number of para-hydroxylation sites is 1. The van der Waals surface area contributed by atoms with E-state index in [1.807, 2.05) is 49.5 Å². The van der Waals surface area contributed by atoms with Gasteiger partial charge in [0.1, 0.15) is 5.82 Å². The van der Waals surface area contributed by atoms with Crippen molar-refractivity contribution in [2.24, 2.45) is 10.9 Å². The van der Waals surface area contributed by atoms with Crippen molar-refractivity contribution in [1.29, 1.82) is 0 Å². The second kappa shape index (κ2) is 7.19. The van der Waals surface area contributed by atoms with Gasteiger partial charge in [-0.05, 0) is 48.6 Å². The van der Waals surface area contributed by atoms with Crippen molar-refractivity contribution in [3.63, 3.8) is 0 Å². The molecule has 0 spiro atoms. The SMILES string of the molecule is CC1=CC(C)C(c2nc3ccccc3c(=O)n2-c2ccc(C(C)C)cc2)C=N1. The van der Waals surface area contributed by atoms with Crippen molar-refractivity contribution in [2.45, 2.75) is 39.5 Å². The third kappa shape index (κ3) is 3.19. The van der Waals surface area contributed by atoms with Crippen molar-refractivity contribution in [3.8, 4) is 5.69 Å². The average Bonchev–Trinajstić information content (AvgIpc) is 2.68. The number of aliphatic imine (C=N–C) groups is 1. The molecule has 0 aliphatic carbocycles. The van der Waals surface area contributed by atoms with Crippen molar-refractivity contribution in [3.05, 3.63) is 82.0 Å². The zero-order valence-electron chi connectivity index (χ0n) is 16.8. The van der Waals surface area contributed by atoms with Gasteiger partial charge in [-0.15, -0.1) is 0 Å². The molecule has 1 aliphatic heterocycles. The van der Waals surface area contributed by atoms with Gasteiger partial charge < -0.3 is 0 Å². The lowest BCUT2D eigenvalue weighted by Gasteiger charge is -2.24. The molecule has 0 fully saturated rings. The van der Waals surface area contributed by atoms with Gasteiger partial charge in [0.25, 0.3) is 5.56 Å². The molecule has 0 N–H and O–H groups in total. The molecular formula is C24H25N3O. The number of hydrogen-bond donors (Lipinski definition) is 0. The van der Waals surface area contributed by atoms with Crippen molar-refractivity contribution in [2.75, 3.05) is 0 Å². The molecule has 2 atom stereocenters. The Labute approximate surface area is 165 Å². The molecule has 28 heavy (non-hydrogen) atoms. The van der Waals surface area contributed by atoms with Gasteiger partial charge in [0.15, 0.2) is 0 Å². The Morgan fingerprint density at radius 2 is 1.75 bits per heavy atom. The minimum atomic E-state index is -0.0502. The third-order valence-corrected chi connectivity index (χ3v) is 5.43. The first kappa shape index (κ1) is 18.4. The highest BCUT2D eigenvalue weighted by Crippen LogP contribution is 2.29. The van der Waals surface area contributed by atoms with Crippen LogP contribution in [0, 0.1) is 5.92 Å². The van der Waals surface area contributed by atoms with Crippen LogP contribution in [0.4, 0.5) is 0 Å². The van der Waals surface area contributed by atoms with Crippen molar-refractivity contribution >= 4 is 17.1 Å². The number of aromatic nitrogens is 2. The Morgan fingerprint density at radius 1 is 1.04 bits per heavy atom. The maximum atomic E-state index is 13.4. The van der Waals surface area contributed by atoms with Crippen LogP contribution in [0.1, 0.15) is 50.9 Å². The molecule has 0 radical (unpaired) electrons. The van der Waals surface area contributed by atoms with Crippen molar-refractivity contribution in [1.82, 2.24) is 9.55 Å². The summed E-state index contributed by atoms with van der Waals surface area (Å²) in [4.78, 5) is 22.9. The highest BCUT2D eigenvalue weighted by molar-refractivity contribution is 5.79. The lowest BCUT2D eigenvalue weighted by Crippen LogP contribution is -2.28. The van der Waals surface area contributed by atoms with E-state index >= 15 is 0 Å². The maximum Gasteiger partial charge on any atom is 0.265 e. The first-order chi connectivity index (χ1) is 13.5. The molecule has 0 saturated carbocycles. The Bertz CT molecular complexity index is 1140. The summed E-state index contributed by atoms with van der Waals surface area (Å²) in [5.41, 5.74) is 3.78. The first-order valence-corrected chi connectivity index (χ1v) is 9.80. The summed E-state index contributed by atoms with van der Waals surface area (Å²) in [6.45, 7) is 8.47. The lowest BCUT2D eigenvalue weighted by atomic mass is 9.91. The molecule has 2 aromatic carbocycles. The van der Waals surface area contributed by atoms with Gasteiger partial charge in [0, 0.05) is 11.9 Å². The molecule has 1 aliphatic rings. The van der Waals surface area contributed by atoms with Gasteiger partial charge >= 0.3 is 0 Å². The van der Waals surface area contributed by atoms with Gasteiger partial charge in [-0.3, -0.25) is 14.4 Å². The van der Waals surface area contributed by atoms with Gasteiger partial charge in [-0.2, -0.15) is 0 Å². The normalized spacial score (nSPS) is 19.2. The number of hydrogen-bond acceptors (Lipinski definition) is 3. The maximum absolute atomic E-state index is 13.4. The van der Waals surface area contributed by atoms with E-state index < -0.39 is 0 Å². The van der Waals surface area contributed by atoms with Gasteiger partial charge in [-0.1, -0.05) is 51.1 Å². The largest absolute Gasteiger partial charge is 0.268 e. The Morgan fingerprint density at radius 3 is 2.43 bits per heavy atom. The van der Waals surface area contributed by atoms with Crippen LogP contribution in [-0.2, 0) is 0 Å². The van der Waals surface area contributed by atoms with Crippen LogP contribution < -0.4 is 5.56 Å². The summed E-state index contributed by atoms with van der Waals surface area (Å²) < 4.78 is 1.76. The van der Waals surface area contributed by atoms with Gasteiger partial charge in [-0.25, -0.2) is 4.98 Å². The van der Waals surface area contributed by atoms with E-state index in [0.717, 1.165) is 22.7 Å². The standard InChI is InChI=1S/C24H25N3O/c1-15(2)18-9-11-19(12-10-18)27-23(21-14-25-17(4)13-16(21)3)26-22-8-6-5-7-20(22)24(27)28/h5-16,21H,1-4H3. The third-order valence-electron chi connectivity index (χ3n) is 5.43. The molecule has 0 saturated heterocycles. The minimum Gasteiger partial charge on any atom is -0.268 e. The van der Waals surface area contributed by atoms with Crippen LogP contribution in [0.5, 0.6) is 0 Å². The summed E-state index contributed by atoms with van der Waals surface area (Å²) in [5.74, 6) is 1.34. The van der Waals surface area contributed by atoms with E-state index in [9.17, 15) is 4.79 Å². The number of allylic oxidation sites excluding steroid dienone is 2. The molecule has 0 bridgehead atoms. The zero-order valence-corrected chi connectivity index (χ0v) is 16.8. The Hall–Kier alpha value is -3.01. The fourth-order valence-electron chi connectivity index (χ4n) is 3.79. The second-order valence-electron chi connectivity index (χ2n) is 7.85. The average molecular weight is 371 g/mol. The van der Waals surface area contributed by atoms with E-state index in [2.05, 4.69) is 44.0 Å². The smallest absolute Gasteiger partial charge is 0.265 e. The van der Waals surface area contributed by atoms with E-state index in [0.29, 0.717) is 11.3 Å². The number of fused-ring (bicyclic) bond motifs is 1. The van der Waals surface area contributed by atoms with Crippen LogP contribution in [0.2, 0.25) is 0 Å². The molecule has 142 valence electrons. The topological polar surface area (TPSA) is 47.2 Å². The Balaban J connectivity index is 1.97. The molecule has 3 aromatic rings. The minimum absolute atomic E-state index is 0.0372. The van der Waals surface area contributed by atoms with E-state index in [1.54, 1.807) is 4.57 Å². The van der Waals surface area contributed by atoms with Gasteiger partial charge in [0.2, 0.25) is 0 Å². The monoisotopic (exact) mass is 371 g/mol. The zero-order chi connectivity index (χ0) is 19.8. The molecule has 2 unspecified atom stereocenters. The van der Waals surface area contributed by atoms with Crippen LogP contribution >= 0.6 is 0 Å². The number of rotatable bonds is 3. The fourth-order valence-corrected chi connectivity index (χ4v) is 3.79. The van der Waals surface area contributed by atoms with E-state index in [-0.39, 0.29) is 17.4 Å². The first-order valence-electron chi connectivity index (χ1n) is 9.80. The highest BCUT2D eigenvalue weighted by atomic mass is 16.1. The van der Waals surface area contributed by atoms with E-state index in [1.165, 1.54) is 5.56 Å². The highest BCUT2D eigenvalue weighted by Gasteiger charge is 2.25. The predicted molar refractivity (Wildman–Crippen MR) is 116 cm³/mol. The van der Waals surface area contributed by atoms with Crippen LogP contribution in [0.3, 0.4) is 0 Å². The van der Waals surface area contributed by atoms with E-state index in [4.69, 9.17) is 4.98 Å². The quantitative estimate of drug-likeness (QED) is 0.634. The fraction of sp³-hybridized carbons (Fsp3) is 0.292. The molecular weight excluding hydrogens is 346 g/mol. The molecule has 2 heterocycles. The molecule has 1 aromatic heterocycles. The molecule has 4 heteroatoms. The van der Waals surface area contributed by atoms with Gasteiger partial charge in [0.05, 0.1) is 22.5 Å². The number of nitrogens with zero attached hydrogens (tertiary/aromatic N) is 3. The van der Waals surface area contributed by atoms with Crippen LogP contribution in [0.25, 0.3) is 16.6 Å². The predicted octanol–water partition coefficient (Wildman–Crippen LogP) is 5.22. The summed E-state index contributed by atoms with van der Waals surface area (Å²) in [7, 11) is 0. The summed E-state index contributed by atoms with van der Waals surface area (Å²) in [5, 5.41) is 0.631. The van der Waals surface area contributed by atoms with Crippen LogP contribution in [0.15, 0.2) is 70.1 Å². The van der Waals surface area contributed by atoms with Crippen molar-refractivity contribution < 1.29 is 0 Å². The lowest BCUT2D eigenvalue weighted by molar-refractivity contribution is 0.611. The molecule has 4 nitrogen and oxygen atoms in total. The molecule has 4 rings (SSSR count). The molecule has 0 amide bonds. The van der Waals surface area contributed by atoms with Crippen LogP contribution in [-0.4, -0.2) is 15.8 Å². The summed E-state index contributed by atoms with van der Waals surface area (Å²) >= 11 is 0. The summed E-state index contributed by atoms with van der Waals surface area (Å²) in [6.07, 6.45) is 4.06. The Kier molecular flexibility index (Phi) is 4.71.